The monoisotopic (exact) mass is 271 g/mol. The van der Waals surface area contributed by atoms with Gasteiger partial charge >= 0.3 is 0 Å². The molecule has 2 aromatic rings. The minimum Gasteiger partial charge on any atom is -0.349 e. The Balaban J connectivity index is 1.58. The van der Waals surface area contributed by atoms with Crippen LogP contribution in [0.5, 0.6) is 0 Å². The minimum atomic E-state index is -0.191. The normalized spacial score (nSPS) is 14.2. The van der Waals surface area contributed by atoms with Crippen molar-refractivity contribution in [2.75, 3.05) is 6.54 Å². The first kappa shape index (κ1) is 12.8. The van der Waals surface area contributed by atoms with Crippen LogP contribution in [0.15, 0.2) is 24.8 Å². The minimum absolute atomic E-state index is 0.191. The van der Waals surface area contributed by atoms with Gasteiger partial charge in [0.2, 0.25) is 0 Å². The maximum atomic E-state index is 11.9. The van der Waals surface area contributed by atoms with E-state index in [1.54, 1.807) is 6.20 Å². The standard InChI is InChI=1S/C14H17N5O/c1-10-8-18-13(11-2-3-11)19(10)7-6-17-14(20)12-9-15-4-5-16-12/h4-5,8-9,11H,2-3,6-7H2,1H3,(H,17,20). The number of carbonyl (C=O) groups excluding carboxylic acids is 1. The summed E-state index contributed by atoms with van der Waals surface area (Å²) >= 11 is 0. The zero-order valence-electron chi connectivity index (χ0n) is 11.4. The molecule has 2 heterocycles. The van der Waals surface area contributed by atoms with Crippen LogP contribution in [0.3, 0.4) is 0 Å². The van der Waals surface area contributed by atoms with Crippen molar-refractivity contribution in [1.29, 1.82) is 0 Å². The first-order valence-electron chi connectivity index (χ1n) is 6.82. The summed E-state index contributed by atoms with van der Waals surface area (Å²) in [5, 5.41) is 2.86. The molecule has 1 saturated carbocycles. The average molecular weight is 271 g/mol. The Morgan fingerprint density at radius 3 is 2.90 bits per heavy atom. The number of hydrogen-bond acceptors (Lipinski definition) is 4. The van der Waals surface area contributed by atoms with Crippen LogP contribution < -0.4 is 5.32 Å². The van der Waals surface area contributed by atoms with Crippen molar-refractivity contribution in [2.24, 2.45) is 0 Å². The molecular weight excluding hydrogens is 254 g/mol. The maximum absolute atomic E-state index is 11.9. The fourth-order valence-corrected chi connectivity index (χ4v) is 2.23. The van der Waals surface area contributed by atoms with Crippen LogP contribution in [0, 0.1) is 6.92 Å². The van der Waals surface area contributed by atoms with E-state index in [1.165, 1.54) is 25.2 Å². The lowest BCUT2D eigenvalue weighted by atomic mass is 10.3. The molecule has 1 amide bonds. The van der Waals surface area contributed by atoms with Crippen molar-refractivity contribution in [1.82, 2.24) is 24.8 Å². The summed E-state index contributed by atoms with van der Waals surface area (Å²) in [5.41, 5.74) is 1.48. The third-order valence-corrected chi connectivity index (χ3v) is 3.45. The van der Waals surface area contributed by atoms with Crippen molar-refractivity contribution in [3.8, 4) is 0 Å². The SMILES string of the molecule is Cc1cnc(C2CC2)n1CCNC(=O)c1cnccn1. The molecule has 0 bridgehead atoms. The topological polar surface area (TPSA) is 72.7 Å². The average Bonchev–Trinajstić information content (AvgIpc) is 3.25. The predicted octanol–water partition coefficient (Wildman–Crippen LogP) is 1.29. The molecule has 1 N–H and O–H groups in total. The van der Waals surface area contributed by atoms with Crippen LogP contribution >= 0.6 is 0 Å². The van der Waals surface area contributed by atoms with E-state index in [4.69, 9.17) is 0 Å². The van der Waals surface area contributed by atoms with Gasteiger partial charge in [-0.25, -0.2) is 9.97 Å². The number of nitrogens with one attached hydrogen (secondary N) is 1. The first-order valence-corrected chi connectivity index (χ1v) is 6.82. The fraction of sp³-hybridized carbons (Fsp3) is 0.429. The second-order valence-electron chi connectivity index (χ2n) is 5.03. The molecule has 0 radical (unpaired) electrons. The van der Waals surface area contributed by atoms with E-state index in [9.17, 15) is 4.79 Å². The molecule has 6 nitrogen and oxygen atoms in total. The van der Waals surface area contributed by atoms with Crippen LogP contribution in [-0.2, 0) is 6.54 Å². The molecule has 6 heteroatoms. The van der Waals surface area contributed by atoms with Gasteiger partial charge < -0.3 is 9.88 Å². The Morgan fingerprint density at radius 1 is 1.35 bits per heavy atom. The number of nitrogens with zero attached hydrogens (tertiary/aromatic N) is 4. The van der Waals surface area contributed by atoms with Crippen LogP contribution in [0.2, 0.25) is 0 Å². The lowest BCUT2D eigenvalue weighted by Gasteiger charge is -2.10. The lowest BCUT2D eigenvalue weighted by Crippen LogP contribution is -2.28. The van der Waals surface area contributed by atoms with Gasteiger partial charge in [-0.2, -0.15) is 0 Å². The van der Waals surface area contributed by atoms with Crippen molar-refractivity contribution in [3.63, 3.8) is 0 Å². The van der Waals surface area contributed by atoms with E-state index >= 15 is 0 Å². The summed E-state index contributed by atoms with van der Waals surface area (Å²) in [4.78, 5) is 24.2. The van der Waals surface area contributed by atoms with Gasteiger partial charge in [0.05, 0.1) is 6.20 Å². The number of imidazole rings is 1. The second kappa shape index (κ2) is 5.40. The van der Waals surface area contributed by atoms with Crippen LogP contribution in [0.1, 0.15) is 40.8 Å². The summed E-state index contributed by atoms with van der Waals surface area (Å²) in [6.45, 7) is 3.35. The smallest absolute Gasteiger partial charge is 0.271 e. The number of carbonyl (C=O) groups is 1. The number of aryl methyl sites for hydroxylation is 1. The van der Waals surface area contributed by atoms with Crippen LogP contribution in [0.25, 0.3) is 0 Å². The summed E-state index contributed by atoms with van der Waals surface area (Å²) in [7, 11) is 0. The Bertz CT molecular complexity index is 603. The Morgan fingerprint density at radius 2 is 2.20 bits per heavy atom. The highest BCUT2D eigenvalue weighted by Gasteiger charge is 2.28. The molecule has 0 saturated heterocycles. The van der Waals surface area contributed by atoms with Gasteiger partial charge in [0.25, 0.3) is 5.91 Å². The number of rotatable bonds is 5. The molecule has 0 unspecified atom stereocenters. The Labute approximate surface area is 117 Å². The lowest BCUT2D eigenvalue weighted by molar-refractivity contribution is 0.0946. The highest BCUT2D eigenvalue weighted by Crippen LogP contribution is 2.39. The van der Waals surface area contributed by atoms with Gasteiger partial charge in [-0.3, -0.25) is 9.78 Å². The molecule has 104 valence electrons. The molecule has 0 atom stereocenters. The van der Waals surface area contributed by atoms with E-state index in [2.05, 4.69) is 24.8 Å². The fourth-order valence-electron chi connectivity index (χ4n) is 2.23. The highest BCUT2D eigenvalue weighted by atomic mass is 16.1. The summed E-state index contributed by atoms with van der Waals surface area (Å²) in [5.74, 6) is 1.57. The quantitative estimate of drug-likeness (QED) is 0.889. The van der Waals surface area contributed by atoms with Gasteiger partial charge in [-0.05, 0) is 19.8 Å². The van der Waals surface area contributed by atoms with Gasteiger partial charge in [0.1, 0.15) is 11.5 Å². The third-order valence-electron chi connectivity index (χ3n) is 3.45. The first-order chi connectivity index (χ1) is 9.75. The number of aromatic nitrogens is 4. The Kier molecular flexibility index (Phi) is 3.45. The van der Waals surface area contributed by atoms with E-state index < -0.39 is 0 Å². The van der Waals surface area contributed by atoms with E-state index in [0.717, 1.165) is 18.1 Å². The third kappa shape index (κ3) is 2.68. The summed E-state index contributed by atoms with van der Waals surface area (Å²) < 4.78 is 2.19. The maximum Gasteiger partial charge on any atom is 0.271 e. The molecule has 1 fully saturated rings. The number of amides is 1. The second-order valence-corrected chi connectivity index (χ2v) is 5.03. The zero-order chi connectivity index (χ0) is 13.9. The van der Waals surface area contributed by atoms with Crippen molar-refractivity contribution in [2.45, 2.75) is 32.2 Å². The van der Waals surface area contributed by atoms with Crippen LogP contribution in [-0.4, -0.2) is 32.0 Å². The van der Waals surface area contributed by atoms with Crippen LogP contribution in [0.4, 0.5) is 0 Å². The molecule has 0 aliphatic heterocycles. The Hall–Kier alpha value is -2.24. The molecule has 1 aliphatic rings. The van der Waals surface area contributed by atoms with Gasteiger partial charge in [-0.15, -0.1) is 0 Å². The number of hydrogen-bond donors (Lipinski definition) is 1. The molecule has 1 aliphatic carbocycles. The summed E-state index contributed by atoms with van der Waals surface area (Å²) in [6.07, 6.45) is 8.88. The molecular formula is C14H17N5O. The molecule has 0 spiro atoms. The van der Waals surface area contributed by atoms with Gasteiger partial charge in [0, 0.05) is 43.3 Å². The van der Waals surface area contributed by atoms with Crippen molar-refractivity contribution < 1.29 is 4.79 Å². The van der Waals surface area contributed by atoms with E-state index in [1.807, 2.05) is 13.1 Å². The molecule has 20 heavy (non-hydrogen) atoms. The molecule has 3 rings (SSSR count). The summed E-state index contributed by atoms with van der Waals surface area (Å²) in [6, 6.07) is 0. The van der Waals surface area contributed by atoms with Gasteiger partial charge in [-0.1, -0.05) is 0 Å². The predicted molar refractivity (Wildman–Crippen MR) is 73.3 cm³/mol. The highest BCUT2D eigenvalue weighted by molar-refractivity contribution is 5.91. The largest absolute Gasteiger partial charge is 0.349 e. The van der Waals surface area contributed by atoms with E-state index in [0.29, 0.717) is 18.2 Å². The molecule has 2 aromatic heterocycles. The van der Waals surface area contributed by atoms with E-state index in [-0.39, 0.29) is 5.91 Å². The van der Waals surface area contributed by atoms with Crippen molar-refractivity contribution in [3.05, 3.63) is 42.0 Å². The van der Waals surface area contributed by atoms with Gasteiger partial charge in [0.15, 0.2) is 0 Å². The van der Waals surface area contributed by atoms with Crippen molar-refractivity contribution >= 4 is 5.91 Å². The molecule has 0 aromatic carbocycles. The zero-order valence-corrected chi connectivity index (χ0v) is 11.4.